The molecule has 3 heterocycles. The Morgan fingerprint density at radius 1 is 1.21 bits per heavy atom. The number of aromatic nitrogens is 3. The minimum absolute atomic E-state index is 0.506. The van der Waals surface area contributed by atoms with Gasteiger partial charge in [0, 0.05) is 19.0 Å². The molecule has 0 aliphatic carbocycles. The van der Waals surface area contributed by atoms with Gasteiger partial charge in [0.05, 0.1) is 23.3 Å². The third-order valence-electron chi connectivity index (χ3n) is 4.38. The van der Waals surface area contributed by atoms with Crippen LogP contribution in [0.2, 0.25) is 0 Å². The summed E-state index contributed by atoms with van der Waals surface area (Å²) in [7, 11) is -3.25. The molecule has 7 nitrogen and oxygen atoms in total. The summed E-state index contributed by atoms with van der Waals surface area (Å²) in [6.07, 6.45) is 5.60. The van der Waals surface area contributed by atoms with Gasteiger partial charge in [-0.15, -0.1) is 0 Å². The van der Waals surface area contributed by atoms with Gasteiger partial charge in [0.2, 0.25) is 5.95 Å². The third-order valence-corrected chi connectivity index (χ3v) is 6.44. The summed E-state index contributed by atoms with van der Waals surface area (Å²) < 4.78 is 22.7. The molecule has 0 saturated carbocycles. The van der Waals surface area contributed by atoms with E-state index in [0.717, 1.165) is 25.2 Å². The van der Waals surface area contributed by atoms with Crippen molar-refractivity contribution < 1.29 is 8.42 Å². The molecule has 0 amide bonds. The van der Waals surface area contributed by atoms with Crippen LogP contribution in [0.15, 0.2) is 24.5 Å². The number of hydrogen-bond acceptors (Lipinski definition) is 7. The maximum Gasteiger partial charge on any atom is 0.227 e. The summed E-state index contributed by atoms with van der Waals surface area (Å²) in [4.78, 5) is 13.1. The van der Waals surface area contributed by atoms with Crippen LogP contribution in [-0.4, -0.2) is 36.2 Å². The second kappa shape index (κ2) is 6.10. The molecule has 0 fully saturated rings. The van der Waals surface area contributed by atoms with Crippen LogP contribution in [0.5, 0.6) is 0 Å². The highest BCUT2D eigenvalue weighted by atomic mass is 32.2. The van der Waals surface area contributed by atoms with Gasteiger partial charge in [0.25, 0.3) is 0 Å². The van der Waals surface area contributed by atoms with Gasteiger partial charge < -0.3 is 10.6 Å². The zero-order valence-electron chi connectivity index (χ0n) is 14.0. The summed E-state index contributed by atoms with van der Waals surface area (Å²) in [6.45, 7) is 4.99. The highest BCUT2D eigenvalue weighted by Gasteiger charge is 2.33. The maximum atomic E-state index is 11.9. The van der Waals surface area contributed by atoms with E-state index in [1.165, 1.54) is 11.8 Å². The van der Waals surface area contributed by atoms with Crippen molar-refractivity contribution in [1.82, 2.24) is 20.3 Å². The van der Waals surface area contributed by atoms with Gasteiger partial charge in [-0.1, -0.05) is 0 Å². The molecule has 0 spiro atoms. The van der Waals surface area contributed by atoms with Crippen molar-refractivity contribution in [2.75, 3.05) is 18.1 Å². The van der Waals surface area contributed by atoms with Gasteiger partial charge in [0.1, 0.15) is 4.75 Å². The van der Waals surface area contributed by atoms with Crippen molar-refractivity contribution in [3.63, 3.8) is 0 Å². The Kier molecular flexibility index (Phi) is 4.27. The fraction of sp³-hybridized carbons (Fsp3) is 0.438. The number of nitrogens with zero attached hydrogens (tertiary/aromatic N) is 3. The van der Waals surface area contributed by atoms with E-state index in [1.54, 1.807) is 32.2 Å². The summed E-state index contributed by atoms with van der Waals surface area (Å²) in [5.41, 5.74) is 3.39. The number of rotatable bonds is 4. The van der Waals surface area contributed by atoms with E-state index >= 15 is 0 Å². The molecule has 0 saturated heterocycles. The topological polar surface area (TPSA) is 96.9 Å². The van der Waals surface area contributed by atoms with E-state index in [-0.39, 0.29) is 0 Å². The van der Waals surface area contributed by atoms with Crippen LogP contribution in [0.3, 0.4) is 0 Å². The highest BCUT2D eigenvalue weighted by Crippen LogP contribution is 2.28. The van der Waals surface area contributed by atoms with Crippen LogP contribution in [0.25, 0.3) is 0 Å². The first-order chi connectivity index (χ1) is 11.3. The lowest BCUT2D eigenvalue weighted by atomic mass is 10.1. The van der Waals surface area contributed by atoms with E-state index in [2.05, 4.69) is 25.6 Å². The number of hydrogen-bond donors (Lipinski definition) is 2. The normalized spacial score (nSPS) is 15.0. The van der Waals surface area contributed by atoms with Crippen LogP contribution in [0.1, 0.15) is 30.8 Å². The van der Waals surface area contributed by atoms with Crippen molar-refractivity contribution in [3.8, 4) is 0 Å². The average molecular weight is 347 g/mol. The molecule has 2 aromatic rings. The molecule has 128 valence electrons. The Balaban J connectivity index is 1.80. The van der Waals surface area contributed by atoms with Gasteiger partial charge in [0.15, 0.2) is 9.84 Å². The van der Waals surface area contributed by atoms with E-state index in [1.807, 2.05) is 6.20 Å². The van der Waals surface area contributed by atoms with Gasteiger partial charge in [-0.3, -0.25) is 4.98 Å². The van der Waals surface area contributed by atoms with Gasteiger partial charge in [-0.25, -0.2) is 18.4 Å². The van der Waals surface area contributed by atoms with Crippen LogP contribution < -0.4 is 10.6 Å². The standard InChI is InChI=1S/C16H21N5O2S/c1-16(2,24(3,22)23)14-5-4-12(9-18-14)20-15-19-8-11-6-7-17-10-13(11)21-15/h4-5,8-9,17H,6-7,10H2,1-3H3,(H,19,20,21). The Bertz CT molecular complexity index is 847. The summed E-state index contributed by atoms with van der Waals surface area (Å²) in [5.74, 6) is 0.509. The van der Waals surface area contributed by atoms with Crippen LogP contribution >= 0.6 is 0 Å². The molecule has 2 N–H and O–H groups in total. The zero-order chi connectivity index (χ0) is 17.4. The summed E-state index contributed by atoms with van der Waals surface area (Å²) >= 11 is 0. The smallest absolute Gasteiger partial charge is 0.227 e. The van der Waals surface area contributed by atoms with E-state index in [9.17, 15) is 8.42 Å². The number of pyridine rings is 1. The summed E-state index contributed by atoms with van der Waals surface area (Å²) in [6, 6.07) is 3.50. The molecule has 0 bridgehead atoms. The maximum absolute atomic E-state index is 11.9. The first kappa shape index (κ1) is 16.8. The molecule has 1 aliphatic rings. The highest BCUT2D eigenvalue weighted by molar-refractivity contribution is 7.91. The number of sulfone groups is 1. The SMILES string of the molecule is CC(C)(c1ccc(Nc2ncc3c(n2)CNCC3)cn1)S(C)(=O)=O. The Labute approximate surface area is 141 Å². The predicted octanol–water partition coefficient (Wildman–Crippen LogP) is 1.54. The van der Waals surface area contributed by atoms with E-state index < -0.39 is 14.6 Å². The molecule has 0 radical (unpaired) electrons. The molecule has 0 aromatic carbocycles. The number of nitrogens with one attached hydrogen (secondary N) is 2. The lowest BCUT2D eigenvalue weighted by Crippen LogP contribution is -2.29. The minimum Gasteiger partial charge on any atom is -0.323 e. The van der Waals surface area contributed by atoms with Crippen molar-refractivity contribution in [2.24, 2.45) is 0 Å². The Hall–Kier alpha value is -2.06. The molecule has 8 heteroatoms. The largest absolute Gasteiger partial charge is 0.323 e. The molecule has 3 rings (SSSR count). The first-order valence-electron chi connectivity index (χ1n) is 7.76. The molecule has 1 aliphatic heterocycles. The van der Waals surface area contributed by atoms with Crippen LogP contribution in [0.4, 0.5) is 11.6 Å². The minimum atomic E-state index is -3.25. The monoisotopic (exact) mass is 347 g/mol. The van der Waals surface area contributed by atoms with Gasteiger partial charge >= 0.3 is 0 Å². The molecule has 2 aromatic heterocycles. The van der Waals surface area contributed by atoms with E-state index in [4.69, 9.17) is 0 Å². The zero-order valence-corrected chi connectivity index (χ0v) is 14.8. The Morgan fingerprint density at radius 3 is 2.67 bits per heavy atom. The lowest BCUT2D eigenvalue weighted by Gasteiger charge is -2.22. The molecular formula is C16H21N5O2S. The fourth-order valence-corrected chi connectivity index (χ4v) is 2.94. The van der Waals surface area contributed by atoms with Crippen LogP contribution in [-0.2, 0) is 27.5 Å². The average Bonchev–Trinajstić information content (AvgIpc) is 2.54. The molecule has 24 heavy (non-hydrogen) atoms. The molecule has 0 unspecified atom stereocenters. The molecular weight excluding hydrogens is 326 g/mol. The number of fused-ring (bicyclic) bond motifs is 1. The summed E-state index contributed by atoms with van der Waals surface area (Å²) in [5, 5.41) is 6.39. The van der Waals surface area contributed by atoms with Crippen LogP contribution in [0, 0.1) is 0 Å². The van der Waals surface area contributed by atoms with Crippen molar-refractivity contribution in [2.45, 2.75) is 31.6 Å². The second-order valence-corrected chi connectivity index (χ2v) is 9.00. The third kappa shape index (κ3) is 3.25. The lowest BCUT2D eigenvalue weighted by molar-refractivity contribution is 0.556. The second-order valence-electron chi connectivity index (χ2n) is 6.43. The van der Waals surface area contributed by atoms with Gasteiger partial charge in [-0.2, -0.15) is 0 Å². The van der Waals surface area contributed by atoms with Crippen molar-refractivity contribution in [3.05, 3.63) is 41.5 Å². The number of anilines is 2. The fourth-order valence-electron chi connectivity index (χ4n) is 2.44. The van der Waals surface area contributed by atoms with Gasteiger partial charge in [-0.05, 0) is 44.5 Å². The molecule has 0 atom stereocenters. The predicted molar refractivity (Wildman–Crippen MR) is 92.8 cm³/mol. The first-order valence-corrected chi connectivity index (χ1v) is 9.65. The quantitative estimate of drug-likeness (QED) is 0.866. The Morgan fingerprint density at radius 2 is 2.00 bits per heavy atom. The van der Waals surface area contributed by atoms with Crippen molar-refractivity contribution >= 4 is 21.5 Å². The van der Waals surface area contributed by atoms with Crippen molar-refractivity contribution in [1.29, 1.82) is 0 Å². The van der Waals surface area contributed by atoms with E-state index in [0.29, 0.717) is 17.3 Å².